The van der Waals surface area contributed by atoms with Gasteiger partial charge in [-0.1, -0.05) is 44.5 Å². The van der Waals surface area contributed by atoms with Crippen LogP contribution >= 0.6 is 11.8 Å². The third-order valence-corrected chi connectivity index (χ3v) is 6.10. The molecule has 0 heterocycles. The van der Waals surface area contributed by atoms with E-state index >= 15 is 0 Å². The fourth-order valence-corrected chi connectivity index (χ4v) is 4.18. The molecule has 2 rings (SSSR count). The van der Waals surface area contributed by atoms with E-state index < -0.39 is 6.04 Å². The zero-order valence-electron chi connectivity index (χ0n) is 19.1. The van der Waals surface area contributed by atoms with E-state index in [-0.39, 0.29) is 23.4 Å². The zero-order valence-corrected chi connectivity index (χ0v) is 19.9. The van der Waals surface area contributed by atoms with E-state index in [1.807, 2.05) is 31.2 Å². The van der Waals surface area contributed by atoms with Crippen LogP contribution in [0.25, 0.3) is 0 Å². The van der Waals surface area contributed by atoms with Crippen molar-refractivity contribution in [2.24, 2.45) is 0 Å². The molecule has 0 aliphatic rings. The number of nitrogens with zero attached hydrogens (tertiary/aromatic N) is 1. The lowest BCUT2D eigenvalue weighted by atomic mass is 10.1. The van der Waals surface area contributed by atoms with Crippen LogP contribution in [0, 0.1) is 5.82 Å². The van der Waals surface area contributed by atoms with Gasteiger partial charge in [-0.2, -0.15) is 0 Å². The van der Waals surface area contributed by atoms with Crippen molar-refractivity contribution in [3.8, 4) is 5.75 Å². The number of benzene rings is 2. The Bertz CT molecular complexity index is 861. The number of ether oxygens (including phenoxy) is 1. The monoisotopic (exact) mass is 460 g/mol. The maximum absolute atomic E-state index is 13.2. The Hall–Kier alpha value is -2.54. The molecule has 0 fully saturated rings. The van der Waals surface area contributed by atoms with Gasteiger partial charge in [0.1, 0.15) is 17.6 Å². The predicted octanol–water partition coefficient (Wildman–Crippen LogP) is 4.79. The van der Waals surface area contributed by atoms with Crippen molar-refractivity contribution < 1.29 is 18.7 Å². The fraction of sp³-hybridized carbons (Fsp3) is 0.440. The van der Waals surface area contributed by atoms with Crippen molar-refractivity contribution in [3.05, 3.63) is 65.5 Å². The average Bonchev–Trinajstić information content (AvgIpc) is 2.80. The number of methoxy groups -OCH3 is 1. The number of rotatable bonds is 13. The first kappa shape index (κ1) is 25.7. The van der Waals surface area contributed by atoms with Crippen LogP contribution in [0.5, 0.6) is 5.75 Å². The maximum atomic E-state index is 13.2. The molecule has 1 atom stereocenters. The smallest absolute Gasteiger partial charge is 0.242 e. The van der Waals surface area contributed by atoms with Gasteiger partial charge in [-0.3, -0.25) is 9.59 Å². The minimum absolute atomic E-state index is 0.0996. The standard InChI is InChI=1S/C25H33FN2O3S/c1-4-6-14-27-25(30)23(5-2)28(16-20-8-7-9-22(15-20)31-3)24(29)18-32-17-19-10-12-21(26)13-11-19/h7-13,15,23H,4-6,14,16-18H2,1-3H3,(H,27,30). The highest BCUT2D eigenvalue weighted by Crippen LogP contribution is 2.20. The number of amides is 2. The van der Waals surface area contributed by atoms with Crippen molar-refractivity contribution >= 4 is 23.6 Å². The molecular weight excluding hydrogens is 427 g/mol. The number of carbonyl (C=O) groups is 2. The minimum Gasteiger partial charge on any atom is -0.497 e. The van der Waals surface area contributed by atoms with Crippen LogP contribution in [0.4, 0.5) is 4.39 Å². The Balaban J connectivity index is 2.12. The molecule has 0 aliphatic heterocycles. The van der Waals surface area contributed by atoms with Crippen molar-refractivity contribution in [2.45, 2.75) is 51.4 Å². The molecule has 7 heteroatoms. The summed E-state index contributed by atoms with van der Waals surface area (Å²) in [5, 5.41) is 2.97. The third-order valence-electron chi connectivity index (χ3n) is 5.11. The summed E-state index contributed by atoms with van der Waals surface area (Å²) in [6.07, 6.45) is 2.42. The molecule has 0 radical (unpaired) electrons. The number of carbonyl (C=O) groups excluding carboxylic acids is 2. The summed E-state index contributed by atoms with van der Waals surface area (Å²) in [6, 6.07) is 13.3. The molecular formula is C25H33FN2O3S. The van der Waals surface area contributed by atoms with E-state index in [1.54, 1.807) is 24.1 Å². The summed E-state index contributed by atoms with van der Waals surface area (Å²) < 4.78 is 18.4. The number of halogens is 1. The van der Waals surface area contributed by atoms with Crippen LogP contribution in [0.1, 0.15) is 44.2 Å². The predicted molar refractivity (Wildman–Crippen MR) is 128 cm³/mol. The summed E-state index contributed by atoms with van der Waals surface area (Å²) in [5.74, 6) is 1.04. The zero-order chi connectivity index (χ0) is 23.3. The van der Waals surface area contributed by atoms with E-state index in [4.69, 9.17) is 4.74 Å². The summed E-state index contributed by atoms with van der Waals surface area (Å²) in [6.45, 7) is 4.92. The number of hydrogen-bond donors (Lipinski definition) is 1. The van der Waals surface area contributed by atoms with E-state index in [2.05, 4.69) is 12.2 Å². The van der Waals surface area contributed by atoms with Crippen molar-refractivity contribution in [1.82, 2.24) is 10.2 Å². The minimum atomic E-state index is -0.544. The van der Waals surface area contributed by atoms with Gasteiger partial charge < -0.3 is 15.0 Å². The molecule has 2 amide bonds. The highest BCUT2D eigenvalue weighted by molar-refractivity contribution is 7.99. The molecule has 1 unspecified atom stereocenters. The highest BCUT2D eigenvalue weighted by atomic mass is 32.2. The molecule has 0 aromatic heterocycles. The lowest BCUT2D eigenvalue weighted by molar-refractivity contribution is -0.139. The Kier molecular flexibility index (Phi) is 11.1. The molecule has 174 valence electrons. The second kappa shape index (κ2) is 13.8. The van der Waals surface area contributed by atoms with Gasteiger partial charge in [-0.15, -0.1) is 11.8 Å². The second-order valence-electron chi connectivity index (χ2n) is 7.56. The van der Waals surface area contributed by atoms with Crippen LogP contribution in [0.15, 0.2) is 48.5 Å². The Morgan fingerprint density at radius 2 is 1.88 bits per heavy atom. The van der Waals surface area contributed by atoms with Crippen LogP contribution in [-0.4, -0.2) is 42.2 Å². The summed E-state index contributed by atoms with van der Waals surface area (Å²) in [4.78, 5) is 27.7. The van der Waals surface area contributed by atoms with Crippen LogP contribution < -0.4 is 10.1 Å². The van der Waals surface area contributed by atoms with Crippen LogP contribution in [-0.2, 0) is 21.9 Å². The Morgan fingerprint density at radius 1 is 1.12 bits per heavy atom. The summed E-state index contributed by atoms with van der Waals surface area (Å²) >= 11 is 1.46. The molecule has 0 saturated carbocycles. The van der Waals surface area contributed by atoms with Gasteiger partial charge >= 0.3 is 0 Å². The largest absolute Gasteiger partial charge is 0.497 e. The Morgan fingerprint density at radius 3 is 2.53 bits per heavy atom. The average molecular weight is 461 g/mol. The van der Waals surface area contributed by atoms with Gasteiger partial charge in [0.25, 0.3) is 0 Å². The van der Waals surface area contributed by atoms with Gasteiger partial charge in [-0.25, -0.2) is 4.39 Å². The number of nitrogens with one attached hydrogen (secondary N) is 1. The fourth-order valence-electron chi connectivity index (χ4n) is 3.31. The van der Waals surface area contributed by atoms with E-state index in [0.29, 0.717) is 31.0 Å². The lowest BCUT2D eigenvalue weighted by Gasteiger charge is -2.30. The summed E-state index contributed by atoms with van der Waals surface area (Å²) in [5.41, 5.74) is 1.86. The van der Waals surface area contributed by atoms with Crippen molar-refractivity contribution in [2.75, 3.05) is 19.4 Å². The van der Waals surface area contributed by atoms with Crippen LogP contribution in [0.2, 0.25) is 0 Å². The molecule has 2 aromatic rings. The van der Waals surface area contributed by atoms with E-state index in [9.17, 15) is 14.0 Å². The molecule has 0 aliphatic carbocycles. The molecule has 0 saturated heterocycles. The number of thioether (sulfide) groups is 1. The molecule has 5 nitrogen and oxygen atoms in total. The molecule has 1 N–H and O–H groups in total. The second-order valence-corrected chi connectivity index (χ2v) is 8.55. The van der Waals surface area contributed by atoms with Crippen molar-refractivity contribution in [3.63, 3.8) is 0 Å². The van der Waals surface area contributed by atoms with Gasteiger partial charge in [-0.05, 0) is 48.2 Å². The first-order chi connectivity index (χ1) is 15.5. The first-order valence-corrected chi connectivity index (χ1v) is 12.2. The van der Waals surface area contributed by atoms with Gasteiger partial charge in [0.05, 0.1) is 12.9 Å². The van der Waals surface area contributed by atoms with Gasteiger partial charge in [0.15, 0.2) is 0 Å². The number of unbranched alkanes of at least 4 members (excludes halogenated alkanes) is 1. The highest BCUT2D eigenvalue weighted by Gasteiger charge is 2.28. The quantitative estimate of drug-likeness (QED) is 0.437. The SMILES string of the molecule is CCCCNC(=O)C(CC)N(Cc1cccc(OC)c1)C(=O)CSCc1ccc(F)cc1. The third kappa shape index (κ3) is 8.19. The topological polar surface area (TPSA) is 58.6 Å². The first-order valence-electron chi connectivity index (χ1n) is 11.0. The number of hydrogen-bond acceptors (Lipinski definition) is 4. The van der Waals surface area contributed by atoms with E-state index in [0.717, 1.165) is 24.0 Å². The van der Waals surface area contributed by atoms with Crippen molar-refractivity contribution in [1.29, 1.82) is 0 Å². The van der Waals surface area contributed by atoms with Gasteiger partial charge in [0, 0.05) is 18.8 Å². The maximum Gasteiger partial charge on any atom is 0.242 e. The molecule has 32 heavy (non-hydrogen) atoms. The molecule has 0 bridgehead atoms. The normalized spacial score (nSPS) is 11.6. The van der Waals surface area contributed by atoms with E-state index in [1.165, 1.54) is 23.9 Å². The summed E-state index contributed by atoms with van der Waals surface area (Å²) in [7, 11) is 1.60. The Labute approximate surface area is 194 Å². The molecule has 2 aromatic carbocycles. The van der Waals surface area contributed by atoms with Crippen LogP contribution in [0.3, 0.4) is 0 Å². The van der Waals surface area contributed by atoms with Gasteiger partial charge in [0.2, 0.25) is 11.8 Å². The lowest BCUT2D eigenvalue weighted by Crippen LogP contribution is -2.49. The molecule has 0 spiro atoms.